The second-order valence-corrected chi connectivity index (χ2v) is 5.30. The normalized spacial score (nSPS) is 14.2. The average Bonchev–Trinajstić information content (AvgIpc) is 2.03. The van der Waals surface area contributed by atoms with Crippen molar-refractivity contribution in [3.63, 3.8) is 0 Å². The Morgan fingerprint density at radius 1 is 1.08 bits per heavy atom. The summed E-state index contributed by atoms with van der Waals surface area (Å²) in [5.41, 5.74) is 0.518. The SMILES string of the molecule is O[C@H](c1ccc(Cl)cc1)C(Cl)(Cl)Cl. The Hall–Kier alpha value is 0.340. The molecule has 0 aliphatic carbocycles. The van der Waals surface area contributed by atoms with E-state index in [1.165, 1.54) is 0 Å². The van der Waals surface area contributed by atoms with Gasteiger partial charge < -0.3 is 5.11 Å². The molecule has 1 nitrogen and oxygen atoms in total. The number of rotatable bonds is 1. The number of aliphatic hydroxyl groups is 1. The molecule has 0 saturated carbocycles. The van der Waals surface area contributed by atoms with Crippen LogP contribution in [-0.2, 0) is 0 Å². The molecular weight excluding hydrogens is 254 g/mol. The monoisotopic (exact) mass is 258 g/mol. The lowest BCUT2D eigenvalue weighted by molar-refractivity contribution is 0.182. The van der Waals surface area contributed by atoms with Crippen molar-refractivity contribution < 1.29 is 5.11 Å². The lowest BCUT2D eigenvalue weighted by atomic mass is 10.1. The Balaban J connectivity index is 2.90. The summed E-state index contributed by atoms with van der Waals surface area (Å²) in [6, 6.07) is 6.46. The van der Waals surface area contributed by atoms with Crippen molar-refractivity contribution in [1.29, 1.82) is 0 Å². The molecule has 0 heterocycles. The Kier molecular flexibility index (Phi) is 3.73. The van der Waals surface area contributed by atoms with Gasteiger partial charge in [-0.15, -0.1) is 0 Å². The summed E-state index contributed by atoms with van der Waals surface area (Å²) in [6.45, 7) is 0. The first-order chi connectivity index (χ1) is 5.91. The molecule has 72 valence electrons. The molecule has 1 aromatic rings. The van der Waals surface area contributed by atoms with Gasteiger partial charge in [0.25, 0.3) is 0 Å². The number of aliphatic hydroxyl groups excluding tert-OH is 1. The van der Waals surface area contributed by atoms with E-state index in [4.69, 9.17) is 46.4 Å². The Bertz CT molecular complexity index is 277. The van der Waals surface area contributed by atoms with Crippen molar-refractivity contribution in [1.82, 2.24) is 0 Å². The van der Waals surface area contributed by atoms with Gasteiger partial charge in [0, 0.05) is 5.02 Å². The van der Waals surface area contributed by atoms with E-state index >= 15 is 0 Å². The molecule has 0 unspecified atom stereocenters. The topological polar surface area (TPSA) is 20.2 Å². The highest BCUT2D eigenvalue weighted by Crippen LogP contribution is 2.39. The molecule has 0 fully saturated rings. The van der Waals surface area contributed by atoms with Gasteiger partial charge >= 0.3 is 0 Å². The minimum atomic E-state index is -1.71. The van der Waals surface area contributed by atoms with Crippen LogP contribution in [0.5, 0.6) is 0 Å². The molecule has 1 rings (SSSR count). The van der Waals surface area contributed by atoms with Crippen LogP contribution in [0.25, 0.3) is 0 Å². The molecule has 0 bridgehead atoms. The van der Waals surface area contributed by atoms with Crippen LogP contribution in [0, 0.1) is 0 Å². The second-order valence-electron chi connectivity index (χ2n) is 2.50. The molecule has 0 radical (unpaired) electrons. The minimum Gasteiger partial charge on any atom is -0.384 e. The van der Waals surface area contributed by atoms with Crippen molar-refractivity contribution in [3.8, 4) is 0 Å². The third-order valence-corrected chi connectivity index (χ3v) is 2.37. The molecule has 13 heavy (non-hydrogen) atoms. The molecule has 1 atom stereocenters. The van der Waals surface area contributed by atoms with Gasteiger partial charge in [0.1, 0.15) is 6.10 Å². The van der Waals surface area contributed by atoms with Crippen LogP contribution in [-0.4, -0.2) is 8.90 Å². The zero-order valence-electron chi connectivity index (χ0n) is 6.35. The van der Waals surface area contributed by atoms with Crippen molar-refractivity contribution in [3.05, 3.63) is 34.9 Å². The zero-order valence-corrected chi connectivity index (χ0v) is 9.37. The fourth-order valence-corrected chi connectivity index (χ4v) is 1.34. The number of hydrogen-bond acceptors (Lipinski definition) is 1. The number of halogens is 4. The first-order valence-electron chi connectivity index (χ1n) is 3.41. The maximum absolute atomic E-state index is 9.51. The van der Waals surface area contributed by atoms with Crippen LogP contribution in [0.3, 0.4) is 0 Å². The Morgan fingerprint density at radius 3 is 1.92 bits per heavy atom. The Labute approximate surface area is 96.2 Å². The predicted octanol–water partition coefficient (Wildman–Crippen LogP) is 3.74. The highest BCUT2D eigenvalue weighted by atomic mass is 35.6. The minimum absolute atomic E-state index is 0.518. The third kappa shape index (κ3) is 3.19. The molecule has 0 aliphatic rings. The summed E-state index contributed by atoms with van der Waals surface area (Å²) >= 11 is 22.2. The average molecular weight is 260 g/mol. The summed E-state index contributed by atoms with van der Waals surface area (Å²) in [4.78, 5) is 0. The van der Waals surface area contributed by atoms with E-state index in [2.05, 4.69) is 0 Å². The van der Waals surface area contributed by atoms with E-state index in [0.717, 1.165) is 0 Å². The fourth-order valence-electron chi connectivity index (χ4n) is 0.834. The van der Waals surface area contributed by atoms with Crippen LogP contribution < -0.4 is 0 Å². The van der Waals surface area contributed by atoms with Gasteiger partial charge in [-0.25, -0.2) is 0 Å². The van der Waals surface area contributed by atoms with E-state index in [1.54, 1.807) is 24.3 Å². The smallest absolute Gasteiger partial charge is 0.220 e. The number of alkyl halides is 3. The first-order valence-corrected chi connectivity index (χ1v) is 4.92. The summed E-state index contributed by atoms with van der Waals surface area (Å²) < 4.78 is -1.71. The van der Waals surface area contributed by atoms with Gasteiger partial charge in [0.2, 0.25) is 3.79 Å². The second kappa shape index (κ2) is 4.24. The molecule has 1 aromatic carbocycles. The van der Waals surface area contributed by atoms with E-state index < -0.39 is 9.90 Å². The van der Waals surface area contributed by atoms with Gasteiger partial charge in [0.05, 0.1) is 0 Å². The lowest BCUT2D eigenvalue weighted by Gasteiger charge is -2.18. The van der Waals surface area contributed by atoms with Crippen molar-refractivity contribution in [2.45, 2.75) is 9.90 Å². The van der Waals surface area contributed by atoms with E-state index in [9.17, 15) is 5.11 Å². The molecule has 5 heteroatoms. The number of hydrogen-bond donors (Lipinski definition) is 1. The van der Waals surface area contributed by atoms with E-state index in [0.29, 0.717) is 10.6 Å². The molecular formula is C8H6Cl4O. The van der Waals surface area contributed by atoms with Gasteiger partial charge in [0.15, 0.2) is 0 Å². The lowest BCUT2D eigenvalue weighted by Crippen LogP contribution is -2.16. The molecule has 0 aliphatic heterocycles. The molecule has 0 amide bonds. The maximum atomic E-state index is 9.51. The highest BCUT2D eigenvalue weighted by Gasteiger charge is 2.31. The zero-order chi connectivity index (χ0) is 10.1. The van der Waals surface area contributed by atoms with E-state index in [-0.39, 0.29) is 0 Å². The predicted molar refractivity (Wildman–Crippen MR) is 56.7 cm³/mol. The molecule has 1 N–H and O–H groups in total. The summed E-state index contributed by atoms with van der Waals surface area (Å²) in [7, 11) is 0. The first kappa shape index (κ1) is 11.4. The maximum Gasteiger partial charge on any atom is 0.220 e. The standard InChI is InChI=1S/C8H6Cl4O/c9-6-3-1-5(2-4-6)7(13)8(10,11)12/h1-4,7,13H/t7-/m1/s1. The quantitative estimate of drug-likeness (QED) is 0.762. The van der Waals surface area contributed by atoms with Gasteiger partial charge in [-0.2, -0.15) is 0 Å². The van der Waals surface area contributed by atoms with Gasteiger partial charge in [-0.05, 0) is 17.7 Å². The fraction of sp³-hybridized carbons (Fsp3) is 0.250. The summed E-state index contributed by atoms with van der Waals surface area (Å²) in [5.74, 6) is 0. The summed E-state index contributed by atoms with van der Waals surface area (Å²) in [5, 5.41) is 10.1. The Morgan fingerprint density at radius 2 is 1.54 bits per heavy atom. The summed E-state index contributed by atoms with van der Waals surface area (Å²) in [6.07, 6.45) is -1.14. The van der Waals surface area contributed by atoms with Crippen LogP contribution in [0.2, 0.25) is 5.02 Å². The van der Waals surface area contributed by atoms with Crippen LogP contribution in [0.1, 0.15) is 11.7 Å². The van der Waals surface area contributed by atoms with Crippen molar-refractivity contribution in [2.24, 2.45) is 0 Å². The van der Waals surface area contributed by atoms with Crippen LogP contribution in [0.4, 0.5) is 0 Å². The van der Waals surface area contributed by atoms with Crippen LogP contribution >= 0.6 is 46.4 Å². The van der Waals surface area contributed by atoms with Crippen LogP contribution in [0.15, 0.2) is 24.3 Å². The molecule has 0 saturated heterocycles. The third-order valence-electron chi connectivity index (χ3n) is 1.50. The number of benzene rings is 1. The van der Waals surface area contributed by atoms with Gasteiger partial charge in [-0.1, -0.05) is 58.5 Å². The highest BCUT2D eigenvalue weighted by molar-refractivity contribution is 6.68. The van der Waals surface area contributed by atoms with E-state index in [1.807, 2.05) is 0 Å². The molecule has 0 aromatic heterocycles. The van der Waals surface area contributed by atoms with Crippen molar-refractivity contribution >= 4 is 46.4 Å². The van der Waals surface area contributed by atoms with Crippen molar-refractivity contribution in [2.75, 3.05) is 0 Å². The largest absolute Gasteiger partial charge is 0.384 e. The molecule has 0 spiro atoms. The van der Waals surface area contributed by atoms with Gasteiger partial charge in [-0.3, -0.25) is 0 Å².